The molecule has 1 unspecified atom stereocenters. The van der Waals surface area contributed by atoms with Gasteiger partial charge in [0, 0.05) is 13.7 Å². The molecule has 0 aliphatic carbocycles. The quantitative estimate of drug-likeness (QED) is 0.751. The lowest BCUT2D eigenvalue weighted by molar-refractivity contribution is 0.103. The van der Waals surface area contributed by atoms with Crippen molar-refractivity contribution in [3.8, 4) is 6.07 Å². The predicted octanol–water partition coefficient (Wildman–Crippen LogP) is 2.30. The van der Waals surface area contributed by atoms with Crippen molar-refractivity contribution in [2.45, 2.75) is 18.9 Å². The van der Waals surface area contributed by atoms with Crippen molar-refractivity contribution in [2.75, 3.05) is 6.61 Å². The number of nitrogens with zero attached hydrogens (tertiary/aromatic N) is 3. The topological polar surface area (TPSA) is 50.8 Å². The zero-order chi connectivity index (χ0) is 11.8. The lowest BCUT2D eigenvalue weighted by atomic mass is 10.2. The summed E-state index contributed by atoms with van der Waals surface area (Å²) < 4.78 is 7.69. The first-order valence-corrected chi connectivity index (χ1v) is 5.77. The van der Waals surface area contributed by atoms with Crippen molar-refractivity contribution >= 4 is 11.0 Å². The molecule has 4 heteroatoms. The van der Waals surface area contributed by atoms with E-state index in [0.29, 0.717) is 5.56 Å². The number of ether oxygens (including phenoxy) is 1. The maximum Gasteiger partial charge on any atom is 0.138 e. The fraction of sp³-hybridized carbons (Fsp3) is 0.385. The van der Waals surface area contributed by atoms with E-state index in [-0.39, 0.29) is 6.10 Å². The smallest absolute Gasteiger partial charge is 0.138 e. The molecular weight excluding hydrogens is 214 g/mol. The molecule has 2 heterocycles. The van der Waals surface area contributed by atoms with E-state index in [0.717, 1.165) is 36.3 Å². The third-order valence-corrected chi connectivity index (χ3v) is 3.26. The number of rotatable bonds is 1. The third kappa shape index (κ3) is 1.60. The Morgan fingerprint density at radius 1 is 1.53 bits per heavy atom. The molecule has 1 saturated heterocycles. The van der Waals surface area contributed by atoms with Crippen LogP contribution in [0.1, 0.15) is 30.3 Å². The van der Waals surface area contributed by atoms with Gasteiger partial charge in [-0.15, -0.1) is 0 Å². The van der Waals surface area contributed by atoms with Gasteiger partial charge in [-0.25, -0.2) is 4.98 Å². The van der Waals surface area contributed by atoms with Crippen LogP contribution in [0.3, 0.4) is 0 Å². The number of hydrogen-bond acceptors (Lipinski definition) is 3. The first-order valence-electron chi connectivity index (χ1n) is 5.77. The van der Waals surface area contributed by atoms with Gasteiger partial charge in [0.2, 0.25) is 0 Å². The highest BCUT2D eigenvalue weighted by Gasteiger charge is 2.23. The Morgan fingerprint density at radius 3 is 3.12 bits per heavy atom. The second-order valence-electron chi connectivity index (χ2n) is 4.35. The van der Waals surface area contributed by atoms with E-state index in [2.05, 4.69) is 11.1 Å². The van der Waals surface area contributed by atoms with Crippen molar-refractivity contribution in [2.24, 2.45) is 7.05 Å². The van der Waals surface area contributed by atoms with Crippen LogP contribution in [0, 0.1) is 11.3 Å². The molecule has 0 amide bonds. The number of fused-ring (bicyclic) bond motifs is 1. The molecule has 2 aromatic rings. The summed E-state index contributed by atoms with van der Waals surface area (Å²) in [6.45, 7) is 0.817. The Bertz CT molecular complexity index is 603. The second-order valence-corrected chi connectivity index (χ2v) is 4.35. The Labute approximate surface area is 99.4 Å². The normalized spacial score (nSPS) is 19.6. The molecule has 0 radical (unpaired) electrons. The molecule has 0 bridgehead atoms. The summed E-state index contributed by atoms with van der Waals surface area (Å²) >= 11 is 0. The fourth-order valence-corrected chi connectivity index (χ4v) is 2.35. The molecule has 17 heavy (non-hydrogen) atoms. The minimum absolute atomic E-state index is 0.109. The van der Waals surface area contributed by atoms with E-state index >= 15 is 0 Å². The van der Waals surface area contributed by atoms with Gasteiger partial charge in [-0.2, -0.15) is 5.26 Å². The average molecular weight is 227 g/mol. The summed E-state index contributed by atoms with van der Waals surface area (Å²) in [5.41, 5.74) is 2.59. The van der Waals surface area contributed by atoms with Crippen LogP contribution in [0.15, 0.2) is 18.2 Å². The standard InChI is InChI=1S/C13H13N3O/c1-16-11-7-9(8-14)4-5-10(11)15-13(16)12-3-2-6-17-12/h4-5,7,12H,2-3,6H2,1H3. The van der Waals surface area contributed by atoms with Crippen molar-refractivity contribution in [1.82, 2.24) is 9.55 Å². The Balaban J connectivity index is 2.15. The molecule has 1 aromatic carbocycles. The van der Waals surface area contributed by atoms with Crippen molar-refractivity contribution in [3.63, 3.8) is 0 Å². The molecular formula is C13H13N3O. The molecule has 1 aromatic heterocycles. The first-order chi connectivity index (χ1) is 8.29. The molecule has 3 rings (SSSR count). The number of aryl methyl sites for hydroxylation is 1. The Morgan fingerprint density at radius 2 is 2.41 bits per heavy atom. The average Bonchev–Trinajstić information content (AvgIpc) is 2.97. The van der Waals surface area contributed by atoms with Crippen LogP contribution in [0.25, 0.3) is 11.0 Å². The zero-order valence-corrected chi connectivity index (χ0v) is 9.68. The molecule has 0 N–H and O–H groups in total. The second kappa shape index (κ2) is 3.86. The summed E-state index contributed by atoms with van der Waals surface area (Å²) in [7, 11) is 1.98. The molecule has 1 atom stereocenters. The molecule has 1 aliphatic heterocycles. The van der Waals surface area contributed by atoms with E-state index in [4.69, 9.17) is 10.00 Å². The number of nitriles is 1. The van der Waals surface area contributed by atoms with Crippen LogP contribution in [-0.2, 0) is 11.8 Å². The highest BCUT2D eigenvalue weighted by Crippen LogP contribution is 2.29. The van der Waals surface area contributed by atoms with Gasteiger partial charge in [-0.3, -0.25) is 0 Å². The number of benzene rings is 1. The van der Waals surface area contributed by atoms with E-state index in [1.807, 2.05) is 23.7 Å². The maximum absolute atomic E-state index is 8.90. The highest BCUT2D eigenvalue weighted by molar-refractivity contribution is 5.77. The molecule has 1 aliphatic rings. The van der Waals surface area contributed by atoms with E-state index in [1.165, 1.54) is 0 Å². The number of hydrogen-bond donors (Lipinski definition) is 0. The van der Waals surface area contributed by atoms with Gasteiger partial charge < -0.3 is 9.30 Å². The fourth-order valence-electron chi connectivity index (χ4n) is 2.35. The number of imidazole rings is 1. The van der Waals surface area contributed by atoms with Crippen LogP contribution < -0.4 is 0 Å². The predicted molar refractivity (Wildman–Crippen MR) is 63.4 cm³/mol. The minimum atomic E-state index is 0.109. The summed E-state index contributed by atoms with van der Waals surface area (Å²) in [4.78, 5) is 4.60. The van der Waals surface area contributed by atoms with Gasteiger partial charge in [0.15, 0.2) is 0 Å². The summed E-state index contributed by atoms with van der Waals surface area (Å²) in [5, 5.41) is 8.90. The van der Waals surface area contributed by atoms with Crippen molar-refractivity contribution in [3.05, 3.63) is 29.6 Å². The highest BCUT2D eigenvalue weighted by atomic mass is 16.5. The molecule has 86 valence electrons. The van der Waals surface area contributed by atoms with Crippen LogP contribution in [-0.4, -0.2) is 16.2 Å². The van der Waals surface area contributed by atoms with Gasteiger partial charge >= 0.3 is 0 Å². The lowest BCUT2D eigenvalue weighted by Gasteiger charge is -2.08. The molecule has 0 spiro atoms. The Hall–Kier alpha value is -1.86. The van der Waals surface area contributed by atoms with Crippen LogP contribution in [0.2, 0.25) is 0 Å². The van der Waals surface area contributed by atoms with Crippen molar-refractivity contribution in [1.29, 1.82) is 5.26 Å². The SMILES string of the molecule is Cn1c(C2CCCO2)nc2ccc(C#N)cc21. The summed E-state index contributed by atoms with van der Waals surface area (Å²) in [6.07, 6.45) is 2.23. The molecule has 4 nitrogen and oxygen atoms in total. The van der Waals surface area contributed by atoms with Gasteiger partial charge in [0.05, 0.1) is 22.7 Å². The van der Waals surface area contributed by atoms with E-state index < -0.39 is 0 Å². The van der Waals surface area contributed by atoms with Crippen molar-refractivity contribution < 1.29 is 4.74 Å². The van der Waals surface area contributed by atoms with E-state index in [9.17, 15) is 0 Å². The first kappa shape index (κ1) is 10.3. The van der Waals surface area contributed by atoms with E-state index in [1.54, 1.807) is 6.07 Å². The monoisotopic (exact) mass is 227 g/mol. The third-order valence-electron chi connectivity index (χ3n) is 3.26. The van der Waals surface area contributed by atoms with Gasteiger partial charge in [-0.05, 0) is 31.0 Å². The zero-order valence-electron chi connectivity index (χ0n) is 9.68. The lowest BCUT2D eigenvalue weighted by Crippen LogP contribution is -2.04. The summed E-state index contributed by atoms with van der Waals surface area (Å²) in [6, 6.07) is 7.72. The largest absolute Gasteiger partial charge is 0.370 e. The maximum atomic E-state index is 8.90. The van der Waals surface area contributed by atoms with Crippen LogP contribution in [0.5, 0.6) is 0 Å². The molecule has 0 saturated carbocycles. The van der Waals surface area contributed by atoms with Gasteiger partial charge in [0.1, 0.15) is 11.9 Å². The number of aromatic nitrogens is 2. The van der Waals surface area contributed by atoms with Gasteiger partial charge in [0.25, 0.3) is 0 Å². The molecule has 1 fully saturated rings. The summed E-state index contributed by atoms with van der Waals surface area (Å²) in [5.74, 6) is 0.965. The minimum Gasteiger partial charge on any atom is -0.370 e. The van der Waals surface area contributed by atoms with Gasteiger partial charge in [-0.1, -0.05) is 0 Å². The van der Waals surface area contributed by atoms with Crippen LogP contribution >= 0.6 is 0 Å². The van der Waals surface area contributed by atoms with Crippen LogP contribution in [0.4, 0.5) is 0 Å². The Kier molecular flexibility index (Phi) is 2.34.